The van der Waals surface area contributed by atoms with Crippen LogP contribution in [-0.4, -0.2) is 30.7 Å². The molecular weight excluding hydrogens is 228 g/mol. The smallest absolute Gasteiger partial charge is 0.305 e. The largest absolute Gasteiger partial charge is 0.481 e. The number of nitrogens with one attached hydrogen (secondary N) is 1. The molecule has 1 heterocycles. The van der Waals surface area contributed by atoms with Crippen LogP contribution in [0.1, 0.15) is 25.3 Å². The third kappa shape index (κ3) is 2.75. The Hall–Kier alpha value is -1.71. The zero-order valence-electron chi connectivity index (χ0n) is 10.8. The summed E-state index contributed by atoms with van der Waals surface area (Å²) in [5.41, 5.74) is 3.63. The summed E-state index contributed by atoms with van der Waals surface area (Å²) in [4.78, 5) is 12.9. The monoisotopic (exact) mass is 248 g/mol. The highest BCUT2D eigenvalue weighted by Crippen LogP contribution is 2.32. The molecule has 18 heavy (non-hydrogen) atoms. The van der Waals surface area contributed by atoms with E-state index >= 15 is 0 Å². The summed E-state index contributed by atoms with van der Waals surface area (Å²) in [6, 6.07) is 6.26. The number of hydrogen-bond donors (Lipinski definition) is 2. The van der Waals surface area contributed by atoms with Gasteiger partial charge in [0.05, 0.1) is 17.8 Å². The molecule has 0 radical (unpaired) electrons. The van der Waals surface area contributed by atoms with Crippen molar-refractivity contribution in [2.45, 2.75) is 26.2 Å². The lowest BCUT2D eigenvalue weighted by atomic mass is 10.1. The van der Waals surface area contributed by atoms with E-state index in [1.54, 1.807) is 0 Å². The van der Waals surface area contributed by atoms with Crippen LogP contribution < -0.4 is 10.2 Å². The Morgan fingerprint density at radius 3 is 3.06 bits per heavy atom. The number of nitrogens with zero attached hydrogens (tertiary/aromatic N) is 1. The first-order valence-electron chi connectivity index (χ1n) is 6.55. The van der Waals surface area contributed by atoms with E-state index in [9.17, 15) is 4.79 Å². The van der Waals surface area contributed by atoms with E-state index in [1.807, 2.05) is 0 Å². The molecule has 0 aliphatic carbocycles. The van der Waals surface area contributed by atoms with Crippen molar-refractivity contribution in [3.8, 4) is 0 Å². The van der Waals surface area contributed by atoms with Crippen LogP contribution in [0.3, 0.4) is 0 Å². The Kier molecular flexibility index (Phi) is 4.07. The van der Waals surface area contributed by atoms with Crippen LogP contribution in [0, 0.1) is 0 Å². The zero-order valence-corrected chi connectivity index (χ0v) is 10.8. The molecule has 1 aliphatic heterocycles. The summed E-state index contributed by atoms with van der Waals surface area (Å²) < 4.78 is 0. The summed E-state index contributed by atoms with van der Waals surface area (Å²) in [7, 11) is 0. The van der Waals surface area contributed by atoms with E-state index in [1.165, 1.54) is 11.3 Å². The summed E-state index contributed by atoms with van der Waals surface area (Å²) in [6.45, 7) is 4.59. The summed E-state index contributed by atoms with van der Waals surface area (Å²) in [5.74, 6) is -0.736. The Bertz CT molecular complexity index is 432. The van der Waals surface area contributed by atoms with Gasteiger partial charge in [-0.3, -0.25) is 4.79 Å². The summed E-state index contributed by atoms with van der Waals surface area (Å²) >= 11 is 0. The van der Waals surface area contributed by atoms with Gasteiger partial charge in [0, 0.05) is 19.6 Å². The van der Waals surface area contributed by atoms with Gasteiger partial charge >= 0.3 is 5.97 Å². The highest BCUT2D eigenvalue weighted by molar-refractivity contribution is 5.75. The number of aryl methyl sites for hydroxylation is 1. The molecule has 0 fully saturated rings. The minimum absolute atomic E-state index is 0.190. The third-order valence-corrected chi connectivity index (χ3v) is 3.35. The quantitative estimate of drug-likeness (QED) is 0.858. The number of rotatable bonds is 4. The average Bonchev–Trinajstić information content (AvgIpc) is 2.58. The van der Waals surface area contributed by atoms with Crippen LogP contribution >= 0.6 is 0 Å². The van der Waals surface area contributed by atoms with E-state index in [4.69, 9.17) is 5.11 Å². The Labute approximate surface area is 108 Å². The first-order chi connectivity index (χ1) is 8.72. The first kappa shape index (κ1) is 12.7. The highest BCUT2D eigenvalue weighted by atomic mass is 16.4. The second-order valence-corrected chi connectivity index (χ2v) is 4.58. The maximum atomic E-state index is 10.7. The number of anilines is 2. The molecule has 0 amide bonds. The van der Waals surface area contributed by atoms with Gasteiger partial charge in [0.25, 0.3) is 0 Å². The van der Waals surface area contributed by atoms with Crippen LogP contribution in [0.5, 0.6) is 0 Å². The van der Waals surface area contributed by atoms with Crippen LogP contribution in [-0.2, 0) is 11.2 Å². The molecule has 1 aromatic carbocycles. The number of para-hydroxylation sites is 1. The zero-order chi connectivity index (χ0) is 13.0. The SMILES string of the molecule is CCc1cccc2c1NCCCN2CCC(=O)O. The fourth-order valence-corrected chi connectivity index (χ4v) is 2.42. The van der Waals surface area contributed by atoms with Gasteiger partial charge in [0.2, 0.25) is 0 Å². The fourth-order valence-electron chi connectivity index (χ4n) is 2.42. The average molecular weight is 248 g/mol. The van der Waals surface area contributed by atoms with Gasteiger partial charge in [-0.2, -0.15) is 0 Å². The molecule has 98 valence electrons. The Morgan fingerprint density at radius 2 is 2.33 bits per heavy atom. The topological polar surface area (TPSA) is 52.6 Å². The van der Waals surface area contributed by atoms with Crippen LogP contribution in [0.25, 0.3) is 0 Å². The van der Waals surface area contributed by atoms with Crippen LogP contribution in [0.2, 0.25) is 0 Å². The van der Waals surface area contributed by atoms with Gasteiger partial charge in [0.15, 0.2) is 0 Å². The maximum Gasteiger partial charge on any atom is 0.305 e. The second kappa shape index (κ2) is 5.76. The minimum Gasteiger partial charge on any atom is -0.481 e. The van der Waals surface area contributed by atoms with Crippen molar-refractivity contribution >= 4 is 17.3 Å². The molecule has 1 aromatic rings. The number of carboxylic acid groups (broad SMARTS) is 1. The molecule has 2 rings (SSSR count). The number of carboxylic acids is 1. The van der Waals surface area contributed by atoms with E-state index in [-0.39, 0.29) is 6.42 Å². The summed E-state index contributed by atoms with van der Waals surface area (Å²) in [6.07, 6.45) is 2.22. The minimum atomic E-state index is -0.736. The lowest BCUT2D eigenvalue weighted by molar-refractivity contribution is -0.136. The van der Waals surface area contributed by atoms with Gasteiger partial charge in [-0.15, -0.1) is 0 Å². The molecule has 0 aromatic heterocycles. The van der Waals surface area contributed by atoms with E-state index < -0.39 is 5.97 Å². The predicted octanol–water partition coefficient (Wildman–Crippen LogP) is 2.35. The number of aliphatic carboxylic acids is 1. The van der Waals surface area contributed by atoms with Gasteiger partial charge in [0.1, 0.15) is 0 Å². The molecule has 0 saturated carbocycles. The number of benzene rings is 1. The molecule has 1 aliphatic rings. The van der Waals surface area contributed by atoms with Crippen LogP contribution in [0.15, 0.2) is 18.2 Å². The molecule has 2 N–H and O–H groups in total. The van der Waals surface area contributed by atoms with E-state index in [0.717, 1.165) is 31.6 Å². The van der Waals surface area contributed by atoms with Crippen molar-refractivity contribution in [3.63, 3.8) is 0 Å². The van der Waals surface area contributed by atoms with Crippen molar-refractivity contribution in [2.75, 3.05) is 29.9 Å². The molecule has 0 atom stereocenters. The van der Waals surface area contributed by atoms with Gasteiger partial charge in [-0.1, -0.05) is 19.1 Å². The molecule has 0 spiro atoms. The molecular formula is C14H20N2O2. The predicted molar refractivity (Wildman–Crippen MR) is 73.4 cm³/mol. The normalized spacial score (nSPS) is 14.6. The van der Waals surface area contributed by atoms with Crippen LogP contribution in [0.4, 0.5) is 11.4 Å². The first-order valence-corrected chi connectivity index (χ1v) is 6.55. The van der Waals surface area contributed by atoms with Crippen molar-refractivity contribution < 1.29 is 9.90 Å². The lowest BCUT2D eigenvalue weighted by Crippen LogP contribution is -2.26. The lowest BCUT2D eigenvalue weighted by Gasteiger charge is -2.24. The Balaban J connectivity index is 2.26. The van der Waals surface area contributed by atoms with Crippen molar-refractivity contribution in [1.82, 2.24) is 0 Å². The molecule has 4 heteroatoms. The summed E-state index contributed by atoms with van der Waals surface area (Å²) in [5, 5.41) is 12.3. The number of hydrogen-bond acceptors (Lipinski definition) is 3. The third-order valence-electron chi connectivity index (χ3n) is 3.35. The standard InChI is InChI=1S/C14H20N2O2/c1-2-11-5-3-6-12-14(11)15-8-4-9-16(12)10-7-13(17)18/h3,5-6,15H,2,4,7-10H2,1H3,(H,17,18). The van der Waals surface area contributed by atoms with Gasteiger partial charge < -0.3 is 15.3 Å². The maximum absolute atomic E-state index is 10.7. The second-order valence-electron chi connectivity index (χ2n) is 4.58. The van der Waals surface area contributed by atoms with E-state index in [2.05, 4.69) is 35.3 Å². The van der Waals surface area contributed by atoms with Gasteiger partial charge in [-0.05, 0) is 24.5 Å². The van der Waals surface area contributed by atoms with E-state index in [0.29, 0.717) is 6.54 Å². The molecule has 0 unspecified atom stereocenters. The number of fused-ring (bicyclic) bond motifs is 1. The van der Waals surface area contributed by atoms with Gasteiger partial charge in [-0.25, -0.2) is 0 Å². The van der Waals surface area contributed by atoms with Crippen molar-refractivity contribution in [1.29, 1.82) is 0 Å². The molecule has 4 nitrogen and oxygen atoms in total. The van der Waals surface area contributed by atoms with Crippen molar-refractivity contribution in [2.24, 2.45) is 0 Å². The molecule has 0 saturated heterocycles. The number of carbonyl (C=O) groups is 1. The fraction of sp³-hybridized carbons (Fsp3) is 0.500. The van der Waals surface area contributed by atoms with Crippen molar-refractivity contribution in [3.05, 3.63) is 23.8 Å². The highest BCUT2D eigenvalue weighted by Gasteiger charge is 2.17. The molecule has 0 bridgehead atoms. The Morgan fingerprint density at radius 1 is 1.50 bits per heavy atom.